The normalized spacial score (nSPS) is 15.1. The summed E-state index contributed by atoms with van der Waals surface area (Å²) < 4.78 is 55.3. The van der Waals surface area contributed by atoms with Gasteiger partial charge in [0, 0.05) is 13.1 Å². The quantitative estimate of drug-likeness (QED) is 0.483. The number of benzene rings is 2. The Hall–Kier alpha value is -2.20. The van der Waals surface area contributed by atoms with Crippen molar-refractivity contribution in [2.75, 3.05) is 39.5 Å². The van der Waals surface area contributed by atoms with Gasteiger partial charge in [0.15, 0.2) is 0 Å². The zero-order valence-electron chi connectivity index (χ0n) is 15.3. The molecule has 1 heterocycles. The van der Waals surface area contributed by atoms with Crippen molar-refractivity contribution in [3.8, 4) is 5.75 Å². The summed E-state index contributed by atoms with van der Waals surface area (Å²) in [5.74, 6) is -0.721. The topological polar surface area (TPSA) is 82.1 Å². The molecule has 1 aliphatic heterocycles. The lowest BCUT2D eigenvalue weighted by Gasteiger charge is -2.26. The molecule has 1 fully saturated rings. The van der Waals surface area contributed by atoms with Crippen LogP contribution in [0, 0.1) is 5.82 Å². The summed E-state index contributed by atoms with van der Waals surface area (Å²) in [5, 5.41) is 0.0791. The maximum Gasteiger partial charge on any atom is 0.339 e. The molecule has 3 rings (SSSR count). The number of nitrogens with zero attached hydrogens (tertiary/aromatic N) is 1. The van der Waals surface area contributed by atoms with Crippen molar-refractivity contribution in [3.05, 3.63) is 58.9 Å². The fraction of sp³-hybridized carbons (Fsp3) is 0.316. The van der Waals surface area contributed by atoms with Crippen LogP contribution < -0.4 is 4.74 Å². The first-order chi connectivity index (χ1) is 13.9. The molecule has 0 atom stereocenters. The van der Waals surface area contributed by atoms with E-state index in [2.05, 4.69) is 0 Å². The second kappa shape index (κ2) is 9.53. The Morgan fingerprint density at radius 2 is 1.79 bits per heavy atom. The Bertz CT molecular complexity index is 961. The van der Waals surface area contributed by atoms with Crippen LogP contribution in [0.4, 0.5) is 4.39 Å². The molecule has 2 aromatic carbocycles. The first-order valence-corrected chi connectivity index (χ1v) is 10.6. The molecule has 1 aliphatic rings. The molecule has 0 aromatic heterocycles. The molecule has 10 heteroatoms. The first-order valence-electron chi connectivity index (χ1n) is 8.81. The van der Waals surface area contributed by atoms with Crippen LogP contribution in [-0.4, -0.2) is 58.2 Å². The molecule has 0 aliphatic carbocycles. The van der Waals surface area contributed by atoms with Gasteiger partial charge in [-0.25, -0.2) is 17.6 Å². The number of hydrogen-bond acceptors (Lipinski definition) is 6. The van der Waals surface area contributed by atoms with E-state index in [9.17, 15) is 17.6 Å². The SMILES string of the molecule is O=C(OCCOc1ccc(F)cc1)c1cc(S(=O)(=O)N2CCOCC2)ccc1Cl. The summed E-state index contributed by atoms with van der Waals surface area (Å²) in [4.78, 5) is 12.3. The first kappa shape index (κ1) is 21.5. The van der Waals surface area contributed by atoms with Gasteiger partial charge in [-0.15, -0.1) is 0 Å². The van der Waals surface area contributed by atoms with E-state index in [4.69, 9.17) is 25.8 Å². The zero-order chi connectivity index (χ0) is 20.9. The van der Waals surface area contributed by atoms with Crippen LogP contribution in [0.15, 0.2) is 47.4 Å². The van der Waals surface area contributed by atoms with Crippen molar-refractivity contribution in [2.45, 2.75) is 4.90 Å². The van der Waals surface area contributed by atoms with Gasteiger partial charge in [-0.3, -0.25) is 0 Å². The lowest BCUT2D eigenvalue weighted by Crippen LogP contribution is -2.40. The minimum atomic E-state index is -3.77. The highest BCUT2D eigenvalue weighted by atomic mass is 35.5. The second-order valence-electron chi connectivity index (χ2n) is 6.10. The van der Waals surface area contributed by atoms with Crippen LogP contribution in [0.3, 0.4) is 0 Å². The van der Waals surface area contributed by atoms with Crippen LogP contribution in [0.5, 0.6) is 5.75 Å². The largest absolute Gasteiger partial charge is 0.490 e. The highest BCUT2D eigenvalue weighted by Crippen LogP contribution is 2.24. The van der Waals surface area contributed by atoms with E-state index in [1.165, 1.54) is 46.8 Å². The predicted octanol–water partition coefficient (Wildman–Crippen LogP) is 2.74. The molecule has 29 heavy (non-hydrogen) atoms. The van der Waals surface area contributed by atoms with E-state index in [1.54, 1.807) is 0 Å². The number of halogens is 2. The molecule has 0 unspecified atom stereocenters. The third kappa shape index (κ3) is 5.45. The van der Waals surface area contributed by atoms with Crippen LogP contribution in [0.25, 0.3) is 0 Å². The Kier molecular flexibility index (Phi) is 7.07. The second-order valence-corrected chi connectivity index (χ2v) is 8.44. The Morgan fingerprint density at radius 3 is 2.48 bits per heavy atom. The average Bonchev–Trinajstić information content (AvgIpc) is 2.73. The van der Waals surface area contributed by atoms with Crippen LogP contribution in [0.1, 0.15) is 10.4 Å². The van der Waals surface area contributed by atoms with Crippen molar-refractivity contribution in [1.82, 2.24) is 4.31 Å². The molecular weight excluding hydrogens is 425 g/mol. The third-order valence-electron chi connectivity index (χ3n) is 4.16. The van der Waals surface area contributed by atoms with Crippen LogP contribution in [-0.2, 0) is 19.5 Å². The number of sulfonamides is 1. The number of morpholine rings is 1. The minimum Gasteiger partial charge on any atom is -0.490 e. The highest BCUT2D eigenvalue weighted by molar-refractivity contribution is 7.89. The zero-order valence-corrected chi connectivity index (χ0v) is 16.9. The summed E-state index contributed by atoms with van der Waals surface area (Å²) >= 11 is 6.05. The smallest absolute Gasteiger partial charge is 0.339 e. The molecule has 0 saturated carbocycles. The fourth-order valence-electron chi connectivity index (χ4n) is 2.66. The molecular formula is C19H19ClFNO6S. The maximum absolute atomic E-state index is 12.9. The van der Waals surface area contributed by atoms with Gasteiger partial charge in [0.1, 0.15) is 24.8 Å². The number of ether oxygens (including phenoxy) is 3. The van der Waals surface area contributed by atoms with Crippen molar-refractivity contribution >= 4 is 27.6 Å². The molecule has 156 valence electrons. The maximum atomic E-state index is 12.9. The lowest BCUT2D eigenvalue weighted by molar-refractivity contribution is 0.0450. The minimum absolute atomic E-state index is 0.0424. The van der Waals surface area contributed by atoms with E-state index in [0.717, 1.165) is 0 Å². The predicted molar refractivity (Wildman–Crippen MR) is 103 cm³/mol. The number of carbonyl (C=O) groups is 1. The molecule has 7 nitrogen and oxygen atoms in total. The van der Waals surface area contributed by atoms with Crippen LogP contribution >= 0.6 is 11.6 Å². The van der Waals surface area contributed by atoms with Crippen molar-refractivity contribution in [3.63, 3.8) is 0 Å². The van der Waals surface area contributed by atoms with Gasteiger partial charge in [-0.1, -0.05) is 11.6 Å². The Labute approximate surface area is 173 Å². The summed E-state index contributed by atoms with van der Waals surface area (Å²) in [6, 6.07) is 9.31. The Balaban J connectivity index is 1.62. The van der Waals surface area contributed by atoms with E-state index in [1.807, 2.05) is 0 Å². The van der Waals surface area contributed by atoms with Gasteiger partial charge in [0.25, 0.3) is 0 Å². The van der Waals surface area contributed by atoms with Gasteiger partial charge in [0.2, 0.25) is 10.0 Å². The number of esters is 1. The molecule has 1 saturated heterocycles. The van der Waals surface area contributed by atoms with Gasteiger partial charge >= 0.3 is 5.97 Å². The van der Waals surface area contributed by atoms with E-state index >= 15 is 0 Å². The fourth-order valence-corrected chi connectivity index (χ4v) is 4.29. The molecule has 0 N–H and O–H groups in total. The third-order valence-corrected chi connectivity index (χ3v) is 6.39. The summed E-state index contributed by atoms with van der Waals surface area (Å²) in [6.07, 6.45) is 0. The van der Waals surface area contributed by atoms with Crippen molar-refractivity contribution in [2.24, 2.45) is 0 Å². The van der Waals surface area contributed by atoms with E-state index < -0.39 is 16.0 Å². The monoisotopic (exact) mass is 443 g/mol. The number of rotatable bonds is 7. The lowest BCUT2D eigenvalue weighted by atomic mass is 10.2. The summed E-state index contributed by atoms with van der Waals surface area (Å²) in [5.41, 5.74) is -0.0530. The van der Waals surface area contributed by atoms with Crippen molar-refractivity contribution in [1.29, 1.82) is 0 Å². The molecule has 0 spiro atoms. The molecule has 0 bridgehead atoms. The average molecular weight is 444 g/mol. The molecule has 2 aromatic rings. The number of hydrogen-bond donors (Lipinski definition) is 0. The molecule has 0 radical (unpaired) electrons. The van der Waals surface area contributed by atoms with Gasteiger partial charge in [-0.2, -0.15) is 4.31 Å². The van der Waals surface area contributed by atoms with Gasteiger partial charge in [0.05, 0.1) is 28.7 Å². The Morgan fingerprint density at radius 1 is 1.10 bits per heavy atom. The number of carbonyl (C=O) groups excluding carboxylic acids is 1. The van der Waals surface area contributed by atoms with Gasteiger partial charge < -0.3 is 14.2 Å². The van der Waals surface area contributed by atoms with Crippen molar-refractivity contribution < 1.29 is 31.8 Å². The standard InChI is InChI=1S/C19H19ClFNO6S/c20-18-6-5-16(29(24,25)22-7-9-26-10-8-22)13-17(18)19(23)28-12-11-27-15-3-1-14(21)2-4-15/h1-6,13H,7-12H2. The summed E-state index contributed by atoms with van der Waals surface area (Å²) in [6.45, 7) is 1.07. The van der Waals surface area contributed by atoms with E-state index in [-0.39, 0.29) is 47.6 Å². The van der Waals surface area contributed by atoms with Crippen LogP contribution in [0.2, 0.25) is 5.02 Å². The highest BCUT2D eigenvalue weighted by Gasteiger charge is 2.27. The van der Waals surface area contributed by atoms with Gasteiger partial charge in [-0.05, 0) is 42.5 Å². The summed E-state index contributed by atoms with van der Waals surface area (Å²) in [7, 11) is -3.77. The molecule has 0 amide bonds. The van der Waals surface area contributed by atoms with E-state index in [0.29, 0.717) is 19.0 Å².